The Kier molecular flexibility index (Phi) is 7.65. The zero-order valence-corrected chi connectivity index (χ0v) is 22.0. The molecule has 4 rings (SSSR count). The number of nitrogens with one attached hydrogen (secondary N) is 2. The number of carbonyl (C=O) groups excluding carboxylic acids is 1. The third kappa shape index (κ3) is 5.93. The average molecular weight is 553 g/mol. The number of nitrogens with zero attached hydrogens (tertiary/aromatic N) is 2. The second-order valence-corrected chi connectivity index (χ2v) is 11.7. The number of aromatic nitrogens is 1. The third-order valence-electron chi connectivity index (χ3n) is 5.55. The highest BCUT2D eigenvalue weighted by Crippen LogP contribution is 2.24. The fourth-order valence-corrected chi connectivity index (χ4v) is 5.66. The zero-order valence-electron chi connectivity index (χ0n) is 20.4. The van der Waals surface area contributed by atoms with Gasteiger partial charge in [-0.15, -0.1) is 0 Å². The molecule has 3 aromatic carbocycles. The Bertz CT molecular complexity index is 1630. The van der Waals surface area contributed by atoms with Crippen LogP contribution in [0, 0.1) is 0 Å². The van der Waals surface area contributed by atoms with E-state index in [4.69, 9.17) is 4.74 Å². The Morgan fingerprint density at radius 1 is 0.816 bits per heavy atom. The van der Waals surface area contributed by atoms with Crippen molar-refractivity contribution in [3.05, 3.63) is 103 Å². The summed E-state index contributed by atoms with van der Waals surface area (Å²) in [6.07, 6.45) is 2.93. The molecule has 0 unspecified atom stereocenters. The van der Waals surface area contributed by atoms with Crippen LogP contribution in [0.25, 0.3) is 0 Å². The van der Waals surface area contributed by atoms with E-state index in [9.17, 15) is 21.6 Å². The van der Waals surface area contributed by atoms with Gasteiger partial charge < -0.3 is 10.1 Å². The van der Waals surface area contributed by atoms with Gasteiger partial charge in [0.1, 0.15) is 5.75 Å². The number of hydrogen-bond donors (Lipinski definition) is 2. The highest BCUT2D eigenvalue weighted by molar-refractivity contribution is 7.93. The van der Waals surface area contributed by atoms with Crippen LogP contribution >= 0.6 is 0 Å². The summed E-state index contributed by atoms with van der Waals surface area (Å²) in [5.74, 6) is 0.0981. The number of sulfonamides is 2. The Labute approximate surface area is 221 Å². The summed E-state index contributed by atoms with van der Waals surface area (Å²) in [6.45, 7) is 0. The Hall–Kier alpha value is -4.42. The van der Waals surface area contributed by atoms with E-state index < -0.39 is 26.0 Å². The number of methoxy groups -OCH3 is 1. The van der Waals surface area contributed by atoms with Crippen molar-refractivity contribution in [3.8, 4) is 5.75 Å². The normalized spacial score (nSPS) is 11.4. The molecule has 0 saturated heterocycles. The number of ether oxygens (including phenoxy) is 1. The summed E-state index contributed by atoms with van der Waals surface area (Å²) in [4.78, 5) is 16.7. The predicted molar refractivity (Wildman–Crippen MR) is 144 cm³/mol. The molecule has 1 aromatic heterocycles. The van der Waals surface area contributed by atoms with Gasteiger partial charge in [0, 0.05) is 24.5 Å². The molecule has 0 aliphatic heterocycles. The van der Waals surface area contributed by atoms with Crippen LogP contribution < -0.4 is 19.1 Å². The summed E-state index contributed by atoms with van der Waals surface area (Å²) in [5, 5.41) is 2.69. The number of hydrogen-bond acceptors (Lipinski definition) is 7. The molecule has 0 spiro atoms. The molecular weight excluding hydrogens is 528 g/mol. The largest absolute Gasteiger partial charge is 0.497 e. The van der Waals surface area contributed by atoms with Crippen molar-refractivity contribution in [1.82, 2.24) is 4.98 Å². The second-order valence-electron chi connectivity index (χ2n) is 8.02. The van der Waals surface area contributed by atoms with Gasteiger partial charge in [-0.2, -0.15) is 0 Å². The molecule has 12 heteroatoms. The van der Waals surface area contributed by atoms with Gasteiger partial charge in [-0.3, -0.25) is 18.8 Å². The van der Waals surface area contributed by atoms with E-state index in [0.717, 1.165) is 4.31 Å². The van der Waals surface area contributed by atoms with Crippen molar-refractivity contribution in [2.75, 3.05) is 28.5 Å². The van der Waals surface area contributed by atoms with E-state index in [1.165, 1.54) is 87.2 Å². The maximum Gasteiger partial charge on any atom is 0.264 e. The molecule has 4 aromatic rings. The van der Waals surface area contributed by atoms with Gasteiger partial charge in [0.15, 0.2) is 0 Å². The second kappa shape index (κ2) is 10.9. The summed E-state index contributed by atoms with van der Waals surface area (Å²) >= 11 is 0. The summed E-state index contributed by atoms with van der Waals surface area (Å²) in [5.41, 5.74) is 1.38. The number of rotatable bonds is 9. The van der Waals surface area contributed by atoms with Crippen molar-refractivity contribution in [1.29, 1.82) is 0 Å². The molecule has 0 fully saturated rings. The summed E-state index contributed by atoms with van der Waals surface area (Å²) in [6, 6.07) is 21.0. The monoisotopic (exact) mass is 552 g/mol. The van der Waals surface area contributed by atoms with Crippen LogP contribution in [0.4, 0.5) is 17.1 Å². The first kappa shape index (κ1) is 26.6. The molecule has 1 heterocycles. The third-order valence-corrected chi connectivity index (χ3v) is 8.74. The van der Waals surface area contributed by atoms with E-state index >= 15 is 0 Å². The van der Waals surface area contributed by atoms with Gasteiger partial charge >= 0.3 is 0 Å². The molecule has 2 N–H and O–H groups in total. The minimum Gasteiger partial charge on any atom is -0.497 e. The van der Waals surface area contributed by atoms with Crippen LogP contribution in [-0.2, 0) is 20.0 Å². The molecule has 38 heavy (non-hydrogen) atoms. The summed E-state index contributed by atoms with van der Waals surface area (Å²) in [7, 11) is -4.72. The molecule has 196 valence electrons. The lowest BCUT2D eigenvalue weighted by atomic mass is 10.2. The number of carbonyl (C=O) groups is 1. The van der Waals surface area contributed by atoms with Gasteiger partial charge in [-0.25, -0.2) is 16.8 Å². The lowest BCUT2D eigenvalue weighted by Crippen LogP contribution is -2.26. The van der Waals surface area contributed by atoms with Crippen molar-refractivity contribution in [2.45, 2.75) is 9.79 Å². The van der Waals surface area contributed by atoms with Crippen molar-refractivity contribution < 1.29 is 26.4 Å². The fraction of sp³-hybridized carbons (Fsp3) is 0.0769. The lowest BCUT2D eigenvalue weighted by Gasteiger charge is -2.20. The number of amides is 1. The van der Waals surface area contributed by atoms with E-state index in [1.807, 2.05) is 0 Å². The van der Waals surface area contributed by atoms with E-state index in [2.05, 4.69) is 15.0 Å². The Morgan fingerprint density at radius 2 is 1.45 bits per heavy atom. The maximum absolute atomic E-state index is 12.9. The SMILES string of the molecule is COc1ccc(S(=O)(=O)N(C)c2ccc(C(=O)Nc3ccc(S(=O)(=O)Nc4cccnc4)cc3)cc2)cc1. The molecular formula is C26H24N4O6S2. The van der Waals surface area contributed by atoms with Crippen LogP contribution in [0.2, 0.25) is 0 Å². The summed E-state index contributed by atoms with van der Waals surface area (Å²) < 4.78 is 59.6. The van der Waals surface area contributed by atoms with Crippen molar-refractivity contribution in [2.24, 2.45) is 0 Å². The van der Waals surface area contributed by atoms with Crippen molar-refractivity contribution >= 4 is 43.0 Å². The van der Waals surface area contributed by atoms with Crippen LogP contribution in [0.3, 0.4) is 0 Å². The number of pyridine rings is 1. The van der Waals surface area contributed by atoms with E-state index in [1.54, 1.807) is 24.3 Å². The van der Waals surface area contributed by atoms with Crippen LogP contribution in [0.1, 0.15) is 10.4 Å². The zero-order chi connectivity index (χ0) is 27.3. The molecule has 0 saturated carbocycles. The van der Waals surface area contributed by atoms with Gasteiger partial charge in [0.05, 0.1) is 34.5 Å². The number of anilines is 3. The Balaban J connectivity index is 1.42. The standard InChI is InChI=1S/C26H24N4O6S2/c1-30(38(34,35)25-15-11-23(36-2)12-16-25)22-9-5-19(6-10-22)26(31)28-20-7-13-24(14-8-20)37(32,33)29-21-4-3-17-27-18-21/h3-18,29H,1-2H3,(H,28,31). The van der Waals surface area contributed by atoms with Crippen molar-refractivity contribution in [3.63, 3.8) is 0 Å². The highest BCUT2D eigenvalue weighted by Gasteiger charge is 2.22. The van der Waals surface area contributed by atoms with Crippen LogP contribution in [0.5, 0.6) is 5.75 Å². The molecule has 1 amide bonds. The van der Waals surface area contributed by atoms with Crippen LogP contribution in [0.15, 0.2) is 107 Å². The first-order chi connectivity index (χ1) is 18.1. The van der Waals surface area contributed by atoms with E-state index in [-0.39, 0.29) is 9.79 Å². The number of benzene rings is 3. The molecule has 10 nitrogen and oxygen atoms in total. The van der Waals surface area contributed by atoms with Gasteiger partial charge in [-0.05, 0) is 84.9 Å². The molecule has 0 aliphatic carbocycles. The highest BCUT2D eigenvalue weighted by atomic mass is 32.2. The van der Waals surface area contributed by atoms with E-state index in [0.29, 0.717) is 28.4 Å². The average Bonchev–Trinajstić information content (AvgIpc) is 2.93. The Morgan fingerprint density at radius 3 is 2.03 bits per heavy atom. The topological polar surface area (TPSA) is 135 Å². The molecule has 0 radical (unpaired) electrons. The van der Waals surface area contributed by atoms with Gasteiger partial charge in [-0.1, -0.05) is 0 Å². The molecule has 0 atom stereocenters. The minimum atomic E-state index is -3.82. The smallest absolute Gasteiger partial charge is 0.264 e. The fourth-order valence-electron chi connectivity index (χ4n) is 3.43. The maximum atomic E-state index is 12.9. The van der Waals surface area contributed by atoms with Crippen LogP contribution in [-0.4, -0.2) is 41.9 Å². The quantitative estimate of drug-likeness (QED) is 0.321. The molecule has 0 aliphatic rings. The van der Waals surface area contributed by atoms with Gasteiger partial charge in [0.25, 0.3) is 26.0 Å². The first-order valence-corrected chi connectivity index (χ1v) is 14.1. The van der Waals surface area contributed by atoms with Gasteiger partial charge in [0.2, 0.25) is 0 Å². The first-order valence-electron chi connectivity index (χ1n) is 11.2. The lowest BCUT2D eigenvalue weighted by molar-refractivity contribution is 0.102. The minimum absolute atomic E-state index is 0.0183. The predicted octanol–water partition coefficient (Wildman–Crippen LogP) is 3.97. The molecule has 0 bridgehead atoms.